The molecule has 0 unspecified atom stereocenters. The highest BCUT2D eigenvalue weighted by molar-refractivity contribution is 7.48. The summed E-state index contributed by atoms with van der Waals surface area (Å²) in [5.74, 6) is -0.0164. The first kappa shape index (κ1) is 17.1. The number of phosphoric ester groups is 1. The van der Waals surface area contributed by atoms with Gasteiger partial charge in [-0.25, -0.2) is 4.57 Å². The minimum Gasteiger partial charge on any atom is -0.402 e. The average Bonchev–Trinajstić information content (AvgIpc) is 2.40. The molecule has 0 atom stereocenters. The smallest absolute Gasteiger partial charge is 0.402 e. The summed E-state index contributed by atoms with van der Waals surface area (Å²) in [5, 5.41) is 0.733. The van der Waals surface area contributed by atoms with Crippen molar-refractivity contribution in [2.24, 2.45) is 0 Å². The van der Waals surface area contributed by atoms with Crippen molar-refractivity contribution >= 4 is 60.0 Å². The van der Waals surface area contributed by atoms with E-state index in [-0.39, 0.29) is 20.8 Å². The van der Waals surface area contributed by atoms with Crippen molar-refractivity contribution in [3.05, 3.63) is 38.3 Å². The number of benzene rings is 1. The van der Waals surface area contributed by atoms with E-state index >= 15 is 0 Å². The molecular formula is C10H9Cl4O4P. The molecule has 0 spiro atoms. The summed E-state index contributed by atoms with van der Waals surface area (Å²) in [6.45, 7) is 0. The van der Waals surface area contributed by atoms with Crippen LogP contribution in [0.4, 0.5) is 0 Å². The lowest BCUT2D eigenvalue weighted by Crippen LogP contribution is -1.96. The maximum Gasteiger partial charge on any atom is 0.529 e. The van der Waals surface area contributed by atoms with Gasteiger partial charge in [0.2, 0.25) is 0 Å². The van der Waals surface area contributed by atoms with Gasteiger partial charge < -0.3 is 4.52 Å². The fourth-order valence-corrected chi connectivity index (χ4v) is 2.66. The van der Waals surface area contributed by atoms with Crippen molar-refractivity contribution in [2.45, 2.75) is 0 Å². The largest absolute Gasteiger partial charge is 0.529 e. The zero-order chi connectivity index (χ0) is 14.6. The van der Waals surface area contributed by atoms with E-state index in [4.69, 9.17) is 50.9 Å². The fraction of sp³-hybridized carbons (Fsp3) is 0.200. The molecule has 0 aliphatic carbocycles. The SMILES string of the molecule is COP(=O)(OC)OC(=CCl)c1cc(Cl)c(Cl)cc1Cl. The summed E-state index contributed by atoms with van der Waals surface area (Å²) < 4.78 is 26.3. The maximum absolute atomic E-state index is 11.9. The van der Waals surface area contributed by atoms with E-state index in [1.165, 1.54) is 26.4 Å². The third kappa shape index (κ3) is 4.27. The van der Waals surface area contributed by atoms with Gasteiger partial charge in [0.1, 0.15) is 0 Å². The summed E-state index contributed by atoms with van der Waals surface area (Å²) in [6, 6.07) is 2.84. The number of hydrogen-bond donors (Lipinski definition) is 0. The van der Waals surface area contributed by atoms with Crippen LogP contribution in [0.1, 0.15) is 5.56 Å². The first-order chi connectivity index (χ1) is 8.86. The van der Waals surface area contributed by atoms with Gasteiger partial charge >= 0.3 is 7.82 Å². The topological polar surface area (TPSA) is 44.8 Å². The lowest BCUT2D eigenvalue weighted by atomic mass is 10.2. The number of halogens is 4. The Hall–Kier alpha value is 0.0700. The van der Waals surface area contributed by atoms with Crippen molar-refractivity contribution < 1.29 is 18.1 Å². The van der Waals surface area contributed by atoms with Gasteiger partial charge in [-0.1, -0.05) is 46.4 Å². The van der Waals surface area contributed by atoms with Crippen LogP contribution in [-0.2, 0) is 18.1 Å². The van der Waals surface area contributed by atoms with Crippen molar-refractivity contribution in [3.63, 3.8) is 0 Å². The molecule has 1 aromatic rings. The van der Waals surface area contributed by atoms with E-state index in [0.29, 0.717) is 5.56 Å². The van der Waals surface area contributed by atoms with Crippen LogP contribution in [0.5, 0.6) is 0 Å². The van der Waals surface area contributed by atoms with Crippen LogP contribution in [0.2, 0.25) is 15.1 Å². The van der Waals surface area contributed by atoms with Crippen LogP contribution < -0.4 is 0 Å². The molecule has 0 fully saturated rings. The summed E-state index contributed by atoms with van der Waals surface area (Å²) in [7, 11) is -1.41. The number of rotatable bonds is 5. The monoisotopic (exact) mass is 364 g/mol. The highest BCUT2D eigenvalue weighted by atomic mass is 35.5. The quantitative estimate of drug-likeness (QED) is 0.387. The lowest BCUT2D eigenvalue weighted by Gasteiger charge is -2.17. The van der Waals surface area contributed by atoms with Crippen LogP contribution in [0, 0.1) is 0 Å². The molecule has 1 aromatic carbocycles. The Morgan fingerprint density at radius 2 is 1.63 bits per heavy atom. The lowest BCUT2D eigenvalue weighted by molar-refractivity contribution is 0.201. The molecule has 0 saturated heterocycles. The minimum absolute atomic E-state index is 0.0164. The van der Waals surface area contributed by atoms with E-state index in [0.717, 1.165) is 5.54 Å². The molecule has 9 heteroatoms. The Labute approximate surface area is 130 Å². The van der Waals surface area contributed by atoms with Gasteiger partial charge in [-0.2, -0.15) is 0 Å². The molecule has 19 heavy (non-hydrogen) atoms. The van der Waals surface area contributed by atoms with Crippen LogP contribution in [0.25, 0.3) is 5.76 Å². The number of hydrogen-bond acceptors (Lipinski definition) is 4. The highest BCUT2D eigenvalue weighted by Gasteiger charge is 2.27. The highest BCUT2D eigenvalue weighted by Crippen LogP contribution is 2.52. The molecule has 0 N–H and O–H groups in total. The van der Waals surface area contributed by atoms with Gasteiger partial charge in [0.25, 0.3) is 0 Å². The maximum atomic E-state index is 11.9. The Bertz CT molecular complexity index is 539. The zero-order valence-corrected chi connectivity index (χ0v) is 13.7. The van der Waals surface area contributed by atoms with Gasteiger partial charge in [0.05, 0.1) is 15.1 Å². The van der Waals surface area contributed by atoms with E-state index in [9.17, 15) is 4.57 Å². The molecule has 0 saturated carbocycles. The molecule has 0 aliphatic heterocycles. The summed E-state index contributed by atoms with van der Waals surface area (Å²) in [4.78, 5) is 0. The molecule has 0 amide bonds. The van der Waals surface area contributed by atoms with Crippen molar-refractivity contribution in [3.8, 4) is 0 Å². The second-order valence-corrected chi connectivity index (χ2v) is 6.37. The van der Waals surface area contributed by atoms with Crippen LogP contribution in [0.15, 0.2) is 17.7 Å². The van der Waals surface area contributed by atoms with Gasteiger partial charge in [-0.3, -0.25) is 9.05 Å². The van der Waals surface area contributed by atoms with E-state index in [1.807, 2.05) is 0 Å². The molecule has 0 radical (unpaired) electrons. The predicted octanol–water partition coefficient (Wildman–Crippen LogP) is 5.60. The molecular weight excluding hydrogens is 357 g/mol. The van der Waals surface area contributed by atoms with Gasteiger partial charge in [-0.15, -0.1) is 0 Å². The normalized spacial score (nSPS) is 12.6. The van der Waals surface area contributed by atoms with Crippen molar-refractivity contribution in [2.75, 3.05) is 14.2 Å². The standard InChI is InChI=1S/C10H9Cl4O4P/c1-16-19(15,17-2)18-10(5-11)6-3-8(13)9(14)4-7(6)12/h3-5H,1-2H3. The third-order valence-electron chi connectivity index (χ3n) is 2.03. The molecule has 0 bridgehead atoms. The minimum atomic E-state index is -3.75. The van der Waals surface area contributed by atoms with Gasteiger partial charge in [0.15, 0.2) is 5.76 Å². The molecule has 106 valence electrons. The van der Waals surface area contributed by atoms with Crippen LogP contribution in [-0.4, -0.2) is 14.2 Å². The van der Waals surface area contributed by atoms with Crippen molar-refractivity contribution in [1.82, 2.24) is 0 Å². The molecule has 0 aliphatic rings. The van der Waals surface area contributed by atoms with Gasteiger partial charge in [0, 0.05) is 25.3 Å². The second-order valence-electron chi connectivity index (χ2n) is 3.12. The Morgan fingerprint density at radius 3 is 2.11 bits per heavy atom. The summed E-state index contributed by atoms with van der Waals surface area (Å²) in [6.07, 6.45) is 0. The van der Waals surface area contributed by atoms with E-state index in [1.54, 1.807) is 0 Å². The van der Waals surface area contributed by atoms with Crippen LogP contribution in [0.3, 0.4) is 0 Å². The Morgan fingerprint density at radius 1 is 1.11 bits per heavy atom. The first-order valence-corrected chi connectivity index (χ1v) is 7.76. The summed E-state index contributed by atoms with van der Waals surface area (Å²) >= 11 is 23.3. The Kier molecular flexibility index (Phi) is 6.48. The van der Waals surface area contributed by atoms with Gasteiger partial charge in [-0.05, 0) is 12.1 Å². The van der Waals surface area contributed by atoms with Crippen LogP contribution >= 0.6 is 54.2 Å². The molecule has 4 nitrogen and oxygen atoms in total. The first-order valence-electron chi connectivity index (χ1n) is 4.73. The molecule has 1 rings (SSSR count). The van der Waals surface area contributed by atoms with Crippen molar-refractivity contribution in [1.29, 1.82) is 0 Å². The molecule has 0 aromatic heterocycles. The second kappa shape index (κ2) is 7.19. The zero-order valence-electron chi connectivity index (χ0n) is 9.82. The molecule has 0 heterocycles. The average molecular weight is 366 g/mol. The fourth-order valence-electron chi connectivity index (χ4n) is 1.11. The van der Waals surface area contributed by atoms with E-state index in [2.05, 4.69) is 9.05 Å². The predicted molar refractivity (Wildman–Crippen MR) is 78.0 cm³/mol. The van der Waals surface area contributed by atoms with E-state index < -0.39 is 7.82 Å². The number of phosphoric acid groups is 1. The Balaban J connectivity index is 3.20. The summed E-state index contributed by atoms with van der Waals surface area (Å²) in [5.41, 5.74) is 1.34. The third-order valence-corrected chi connectivity index (χ3v) is 4.58.